The number of nitrogens with zero attached hydrogens (tertiary/aromatic N) is 3. The zero-order valence-corrected chi connectivity index (χ0v) is 34.1. The molecule has 6 heteroatoms. The molecule has 1 aliphatic rings. The average molecular weight is 810 g/mol. The van der Waals surface area contributed by atoms with Gasteiger partial charge in [0.2, 0.25) is 0 Å². The van der Waals surface area contributed by atoms with Crippen molar-refractivity contribution in [2.24, 2.45) is 4.99 Å². The maximum atomic E-state index is 6.95. The van der Waals surface area contributed by atoms with Crippen LogP contribution in [0, 0.1) is 0 Å². The molecule has 2 unspecified atom stereocenters. The molecule has 0 aliphatic carbocycles. The van der Waals surface area contributed by atoms with Gasteiger partial charge in [-0.3, -0.25) is 5.32 Å². The summed E-state index contributed by atoms with van der Waals surface area (Å²) in [7, 11) is 0. The van der Waals surface area contributed by atoms with Gasteiger partial charge in [-0.2, -0.15) is 0 Å². The first-order valence-electron chi connectivity index (χ1n) is 21.5. The van der Waals surface area contributed by atoms with Crippen LogP contribution in [0.25, 0.3) is 88.1 Å². The molecule has 1 aliphatic heterocycles. The summed E-state index contributed by atoms with van der Waals surface area (Å²) in [6.07, 6.45) is -0.479. The Morgan fingerprint density at radius 3 is 1.73 bits per heavy atom. The molecule has 0 radical (unpaired) electrons. The average Bonchev–Trinajstić information content (AvgIpc) is 4.02. The van der Waals surface area contributed by atoms with E-state index in [9.17, 15) is 0 Å². The van der Waals surface area contributed by atoms with Gasteiger partial charge in [-0.15, -0.1) is 0 Å². The molecule has 0 amide bonds. The number of furan rings is 1. The smallest absolute Gasteiger partial charge is 0.159 e. The Bertz CT molecular complexity index is 3750. The minimum Gasteiger partial charge on any atom is -0.454 e. The van der Waals surface area contributed by atoms with Crippen molar-refractivity contribution in [2.75, 3.05) is 0 Å². The highest BCUT2D eigenvalue weighted by Crippen LogP contribution is 2.42. The van der Waals surface area contributed by atoms with E-state index in [1.807, 2.05) is 12.1 Å². The lowest BCUT2D eigenvalue weighted by atomic mass is 10.0. The van der Waals surface area contributed by atoms with Crippen molar-refractivity contribution in [3.8, 4) is 22.5 Å². The van der Waals surface area contributed by atoms with Gasteiger partial charge in [0.15, 0.2) is 5.58 Å². The molecule has 2 N–H and O–H groups in total. The van der Waals surface area contributed by atoms with Crippen LogP contribution in [0.5, 0.6) is 0 Å². The molecular formula is C57H39N5O. The van der Waals surface area contributed by atoms with Crippen LogP contribution < -0.4 is 10.6 Å². The molecule has 0 spiro atoms. The van der Waals surface area contributed by atoms with Crippen molar-refractivity contribution < 1.29 is 4.42 Å². The Kier molecular flexibility index (Phi) is 8.01. The van der Waals surface area contributed by atoms with Crippen molar-refractivity contribution in [3.63, 3.8) is 0 Å². The SMILES string of the molecule is c1ccc(C2=NC(c3ccccc3)NC(c3cccc4oc5c(-n6c7ccccc7c7cc(-c8ccc9c(c8)c8ccccc8n9-c8ccccc8)ccc76)cccc5c34)N2)cc1. The third kappa shape index (κ3) is 5.66. The first kappa shape index (κ1) is 35.6. The number of amidine groups is 1. The van der Waals surface area contributed by atoms with Crippen LogP contribution in [0.4, 0.5) is 0 Å². The van der Waals surface area contributed by atoms with Crippen LogP contribution in [-0.2, 0) is 0 Å². The van der Waals surface area contributed by atoms with Crippen LogP contribution in [0.2, 0.25) is 0 Å². The monoisotopic (exact) mass is 809 g/mol. The first-order valence-corrected chi connectivity index (χ1v) is 21.5. The maximum Gasteiger partial charge on any atom is 0.159 e. The normalized spacial score (nSPS) is 15.5. The number of hydrogen-bond acceptors (Lipinski definition) is 4. The second-order valence-electron chi connectivity index (χ2n) is 16.4. The van der Waals surface area contributed by atoms with E-state index in [0.717, 1.165) is 66.9 Å². The molecular weight excluding hydrogens is 771 g/mol. The van der Waals surface area contributed by atoms with E-state index >= 15 is 0 Å². The lowest BCUT2D eigenvalue weighted by Crippen LogP contribution is -2.45. The van der Waals surface area contributed by atoms with Gasteiger partial charge in [0.05, 0.1) is 27.8 Å². The number of para-hydroxylation sites is 4. The summed E-state index contributed by atoms with van der Waals surface area (Å²) in [5, 5.41) is 14.6. The molecule has 12 aromatic rings. The summed E-state index contributed by atoms with van der Waals surface area (Å²) in [4.78, 5) is 5.16. The van der Waals surface area contributed by atoms with Crippen molar-refractivity contribution in [2.45, 2.75) is 12.3 Å². The molecule has 0 saturated carbocycles. The van der Waals surface area contributed by atoms with Crippen LogP contribution in [0.15, 0.2) is 222 Å². The van der Waals surface area contributed by atoms with Gasteiger partial charge in [0.25, 0.3) is 0 Å². The molecule has 63 heavy (non-hydrogen) atoms. The highest BCUT2D eigenvalue weighted by atomic mass is 16.3. The first-order chi connectivity index (χ1) is 31.2. The zero-order chi connectivity index (χ0) is 41.4. The third-order valence-electron chi connectivity index (χ3n) is 12.8. The molecule has 298 valence electrons. The van der Waals surface area contributed by atoms with Gasteiger partial charge in [0.1, 0.15) is 23.8 Å². The van der Waals surface area contributed by atoms with Crippen LogP contribution in [0.1, 0.15) is 29.0 Å². The van der Waals surface area contributed by atoms with E-state index in [4.69, 9.17) is 9.41 Å². The number of fused-ring (bicyclic) bond motifs is 9. The van der Waals surface area contributed by atoms with Crippen LogP contribution in [0.3, 0.4) is 0 Å². The number of aromatic nitrogens is 2. The molecule has 3 aromatic heterocycles. The van der Waals surface area contributed by atoms with E-state index < -0.39 is 0 Å². The van der Waals surface area contributed by atoms with Gasteiger partial charge >= 0.3 is 0 Å². The number of benzene rings is 9. The summed E-state index contributed by atoms with van der Waals surface area (Å²) in [5.41, 5.74) is 14.1. The van der Waals surface area contributed by atoms with Gasteiger partial charge in [-0.1, -0.05) is 152 Å². The standard InChI is InChI=1S/C57H39N5O/c1-4-16-36(17-5-1)55-58-56(37-18-6-2-7-19-37)60-57(59-55)44-25-15-29-52-53(44)43-24-14-28-51(54(43)63-52)62-48-27-13-11-23-42(48)46-35-39(31-33-50(46)62)38-30-32-49-45(34-38)41-22-10-12-26-47(41)61(49)40-20-8-3-9-21-40/h1-35,55,57,59H,(H,58,60). The molecule has 6 nitrogen and oxygen atoms in total. The third-order valence-corrected chi connectivity index (χ3v) is 12.8. The Morgan fingerprint density at radius 1 is 0.444 bits per heavy atom. The predicted octanol–water partition coefficient (Wildman–Crippen LogP) is 13.8. The Labute approximate surface area is 363 Å². The van der Waals surface area contributed by atoms with E-state index in [-0.39, 0.29) is 12.3 Å². The van der Waals surface area contributed by atoms with Crippen molar-refractivity contribution in [1.29, 1.82) is 0 Å². The fourth-order valence-electron chi connectivity index (χ4n) is 9.96. The Morgan fingerprint density at radius 2 is 1.02 bits per heavy atom. The number of hydrogen-bond donors (Lipinski definition) is 2. The minimum absolute atomic E-state index is 0.239. The zero-order valence-electron chi connectivity index (χ0n) is 34.1. The topological polar surface area (TPSA) is 59.4 Å². The minimum atomic E-state index is -0.240. The number of nitrogens with one attached hydrogen (secondary N) is 2. The van der Waals surface area contributed by atoms with E-state index in [1.54, 1.807) is 0 Å². The summed E-state index contributed by atoms with van der Waals surface area (Å²) in [5.74, 6) is 0.849. The fraction of sp³-hybridized carbons (Fsp3) is 0.0351. The molecule has 9 aromatic carbocycles. The number of rotatable bonds is 6. The van der Waals surface area contributed by atoms with E-state index in [2.05, 4.69) is 220 Å². The van der Waals surface area contributed by atoms with E-state index in [1.165, 1.54) is 43.7 Å². The summed E-state index contributed by atoms with van der Waals surface area (Å²) >= 11 is 0. The fourth-order valence-corrected chi connectivity index (χ4v) is 9.96. The highest BCUT2D eigenvalue weighted by Gasteiger charge is 2.28. The summed E-state index contributed by atoms with van der Waals surface area (Å²) in [6, 6.07) is 75.6. The van der Waals surface area contributed by atoms with Gasteiger partial charge in [-0.25, -0.2) is 4.99 Å². The quantitative estimate of drug-likeness (QED) is 0.176. The molecule has 13 rings (SSSR count). The van der Waals surface area contributed by atoms with Crippen LogP contribution in [-0.4, -0.2) is 15.0 Å². The lowest BCUT2D eigenvalue weighted by molar-refractivity contribution is 0.411. The largest absolute Gasteiger partial charge is 0.454 e. The predicted molar refractivity (Wildman–Crippen MR) is 259 cm³/mol. The molecule has 4 heterocycles. The summed E-state index contributed by atoms with van der Waals surface area (Å²) in [6.45, 7) is 0. The second-order valence-corrected chi connectivity index (χ2v) is 16.4. The highest BCUT2D eigenvalue weighted by molar-refractivity contribution is 6.15. The van der Waals surface area contributed by atoms with Crippen molar-refractivity contribution in [3.05, 3.63) is 229 Å². The van der Waals surface area contributed by atoms with Crippen molar-refractivity contribution >= 4 is 71.4 Å². The summed E-state index contributed by atoms with van der Waals surface area (Å²) < 4.78 is 11.7. The lowest BCUT2D eigenvalue weighted by Gasteiger charge is -2.32. The molecule has 2 atom stereocenters. The Balaban J connectivity index is 0.947. The molecule has 0 saturated heterocycles. The van der Waals surface area contributed by atoms with Gasteiger partial charge in [0, 0.05) is 49.1 Å². The maximum absolute atomic E-state index is 6.95. The van der Waals surface area contributed by atoms with Gasteiger partial charge in [-0.05, 0) is 77.4 Å². The Hall–Kier alpha value is -8.19. The van der Waals surface area contributed by atoms with Gasteiger partial charge < -0.3 is 18.9 Å². The van der Waals surface area contributed by atoms with E-state index in [0.29, 0.717) is 0 Å². The molecule has 0 bridgehead atoms. The molecule has 0 fully saturated rings. The second kappa shape index (κ2) is 14.2. The van der Waals surface area contributed by atoms with Crippen LogP contribution >= 0.6 is 0 Å². The number of aliphatic imine (C=N–C) groups is 1. The van der Waals surface area contributed by atoms with Crippen molar-refractivity contribution in [1.82, 2.24) is 19.8 Å².